The monoisotopic (exact) mass is 301 g/mol. The number of hydrogen-bond acceptors (Lipinski definition) is 3. The third-order valence-electron chi connectivity index (χ3n) is 4.02. The molecule has 1 aromatic heterocycles. The predicted molar refractivity (Wildman–Crippen MR) is 85.9 cm³/mol. The number of benzene rings is 1. The zero-order valence-corrected chi connectivity index (χ0v) is 13.5. The van der Waals surface area contributed by atoms with Crippen LogP contribution in [0.4, 0.5) is 4.79 Å². The first-order valence-corrected chi connectivity index (χ1v) is 7.89. The lowest BCUT2D eigenvalue weighted by Gasteiger charge is -2.28. The van der Waals surface area contributed by atoms with E-state index in [9.17, 15) is 4.79 Å². The molecule has 4 heteroatoms. The second-order valence-electron chi connectivity index (χ2n) is 6.92. The van der Waals surface area contributed by atoms with Gasteiger partial charge in [0.2, 0.25) is 0 Å². The topological polar surface area (TPSA) is 42.7 Å². The standard InChI is InChI=1S/C18H23NO3/c1-18(2,3)22-17(20)19-10-6-8-14(19)11-16-15-9-5-4-7-13(15)12-21-16/h4-5,7,9,12,14H,6,8,10-11H2,1-3H3/t14-/m0/s1. The Morgan fingerprint density at radius 1 is 1.36 bits per heavy atom. The van der Waals surface area contributed by atoms with Gasteiger partial charge in [-0.3, -0.25) is 0 Å². The highest BCUT2D eigenvalue weighted by molar-refractivity contribution is 5.84. The number of carbonyl (C=O) groups excluding carboxylic acids is 1. The summed E-state index contributed by atoms with van der Waals surface area (Å²) in [7, 11) is 0. The van der Waals surface area contributed by atoms with Crippen molar-refractivity contribution >= 4 is 16.9 Å². The minimum Gasteiger partial charge on any atom is -0.468 e. The Hall–Kier alpha value is -1.97. The zero-order chi connectivity index (χ0) is 15.7. The van der Waals surface area contributed by atoms with Gasteiger partial charge in [0.1, 0.15) is 11.4 Å². The van der Waals surface area contributed by atoms with E-state index in [1.807, 2.05) is 43.9 Å². The van der Waals surface area contributed by atoms with E-state index in [2.05, 4.69) is 6.07 Å². The average molecular weight is 301 g/mol. The Bertz CT molecular complexity index is 668. The van der Waals surface area contributed by atoms with Crippen LogP contribution in [0, 0.1) is 0 Å². The van der Waals surface area contributed by atoms with Crippen molar-refractivity contribution in [3.8, 4) is 0 Å². The Balaban J connectivity index is 1.75. The van der Waals surface area contributed by atoms with Gasteiger partial charge in [-0.2, -0.15) is 0 Å². The normalized spacial score (nSPS) is 18.9. The van der Waals surface area contributed by atoms with Crippen molar-refractivity contribution in [2.24, 2.45) is 0 Å². The fourth-order valence-corrected chi connectivity index (χ4v) is 3.03. The van der Waals surface area contributed by atoms with Crippen LogP contribution < -0.4 is 0 Å². The highest BCUT2D eigenvalue weighted by atomic mass is 16.6. The number of furan rings is 1. The smallest absolute Gasteiger partial charge is 0.410 e. The Labute approximate surface area is 131 Å². The van der Waals surface area contributed by atoms with E-state index < -0.39 is 5.60 Å². The molecule has 0 N–H and O–H groups in total. The van der Waals surface area contributed by atoms with E-state index in [4.69, 9.17) is 9.15 Å². The third-order valence-corrected chi connectivity index (χ3v) is 4.02. The molecule has 1 aliphatic heterocycles. The minimum absolute atomic E-state index is 0.157. The lowest BCUT2D eigenvalue weighted by Crippen LogP contribution is -2.40. The molecule has 0 unspecified atom stereocenters. The summed E-state index contributed by atoms with van der Waals surface area (Å²) in [5.74, 6) is 0.955. The van der Waals surface area contributed by atoms with Crippen molar-refractivity contribution in [1.29, 1.82) is 0 Å². The number of ether oxygens (including phenoxy) is 1. The number of rotatable bonds is 2. The Kier molecular flexibility index (Phi) is 3.85. The second-order valence-corrected chi connectivity index (χ2v) is 6.92. The molecule has 0 aliphatic carbocycles. The molecule has 2 aromatic rings. The summed E-state index contributed by atoms with van der Waals surface area (Å²) in [6.45, 7) is 6.46. The summed E-state index contributed by atoms with van der Waals surface area (Å²) in [6, 6.07) is 8.29. The van der Waals surface area contributed by atoms with Crippen molar-refractivity contribution < 1.29 is 13.9 Å². The molecule has 22 heavy (non-hydrogen) atoms. The fourth-order valence-electron chi connectivity index (χ4n) is 3.03. The highest BCUT2D eigenvalue weighted by Crippen LogP contribution is 2.28. The molecule has 1 aliphatic rings. The summed E-state index contributed by atoms with van der Waals surface area (Å²) >= 11 is 0. The molecule has 2 heterocycles. The van der Waals surface area contributed by atoms with Gasteiger partial charge in [0.15, 0.2) is 0 Å². The van der Waals surface area contributed by atoms with E-state index in [0.29, 0.717) is 0 Å². The maximum absolute atomic E-state index is 12.3. The van der Waals surface area contributed by atoms with Crippen LogP contribution in [0.15, 0.2) is 34.9 Å². The van der Waals surface area contributed by atoms with Gasteiger partial charge >= 0.3 is 6.09 Å². The Morgan fingerprint density at radius 2 is 2.14 bits per heavy atom. The summed E-state index contributed by atoms with van der Waals surface area (Å²) in [6.07, 6.45) is 4.33. The molecule has 4 nitrogen and oxygen atoms in total. The summed E-state index contributed by atoms with van der Waals surface area (Å²) in [5, 5.41) is 2.25. The van der Waals surface area contributed by atoms with Crippen LogP contribution in [-0.2, 0) is 11.2 Å². The first kappa shape index (κ1) is 14.9. The molecule has 1 aromatic carbocycles. The molecule has 1 saturated heterocycles. The van der Waals surface area contributed by atoms with Gasteiger partial charge in [0.25, 0.3) is 0 Å². The summed E-state index contributed by atoms with van der Waals surface area (Å²) in [4.78, 5) is 14.2. The molecule has 1 atom stereocenters. The van der Waals surface area contributed by atoms with Gasteiger partial charge in [-0.05, 0) is 33.6 Å². The van der Waals surface area contributed by atoms with Gasteiger partial charge in [-0.15, -0.1) is 0 Å². The van der Waals surface area contributed by atoms with Crippen LogP contribution in [0.2, 0.25) is 0 Å². The van der Waals surface area contributed by atoms with Crippen molar-refractivity contribution in [3.05, 3.63) is 36.3 Å². The summed E-state index contributed by atoms with van der Waals surface area (Å²) < 4.78 is 11.2. The largest absolute Gasteiger partial charge is 0.468 e. The van der Waals surface area contributed by atoms with Gasteiger partial charge in [0, 0.05) is 29.8 Å². The molecular weight excluding hydrogens is 278 g/mol. The number of hydrogen-bond donors (Lipinski definition) is 0. The van der Waals surface area contributed by atoms with Crippen LogP contribution >= 0.6 is 0 Å². The van der Waals surface area contributed by atoms with E-state index in [1.54, 1.807) is 6.26 Å². The molecule has 0 spiro atoms. The van der Waals surface area contributed by atoms with E-state index >= 15 is 0 Å². The molecule has 118 valence electrons. The van der Waals surface area contributed by atoms with E-state index in [0.717, 1.165) is 42.3 Å². The quantitative estimate of drug-likeness (QED) is 0.827. The van der Waals surface area contributed by atoms with Crippen LogP contribution in [0.3, 0.4) is 0 Å². The predicted octanol–water partition coefficient (Wildman–Crippen LogP) is 4.37. The Morgan fingerprint density at radius 3 is 2.91 bits per heavy atom. The molecule has 0 saturated carbocycles. The number of nitrogens with zero attached hydrogens (tertiary/aromatic N) is 1. The van der Waals surface area contributed by atoms with Crippen molar-refractivity contribution in [1.82, 2.24) is 4.90 Å². The van der Waals surface area contributed by atoms with Crippen molar-refractivity contribution in [3.63, 3.8) is 0 Å². The molecule has 0 radical (unpaired) electrons. The maximum Gasteiger partial charge on any atom is 0.410 e. The SMILES string of the molecule is CC(C)(C)OC(=O)N1CCC[C@H]1Cc1occ2ccccc12. The minimum atomic E-state index is -0.457. The van der Waals surface area contributed by atoms with Crippen molar-refractivity contribution in [2.45, 2.75) is 51.7 Å². The van der Waals surface area contributed by atoms with E-state index in [-0.39, 0.29) is 12.1 Å². The van der Waals surface area contributed by atoms with Crippen LogP contribution in [0.5, 0.6) is 0 Å². The third kappa shape index (κ3) is 3.11. The van der Waals surface area contributed by atoms with Crippen LogP contribution in [0.25, 0.3) is 10.8 Å². The molecule has 3 rings (SSSR count). The van der Waals surface area contributed by atoms with Crippen LogP contribution in [-0.4, -0.2) is 29.2 Å². The van der Waals surface area contributed by atoms with Crippen molar-refractivity contribution in [2.75, 3.05) is 6.54 Å². The number of carbonyl (C=O) groups is 1. The number of amides is 1. The lowest BCUT2D eigenvalue weighted by atomic mass is 10.1. The van der Waals surface area contributed by atoms with E-state index in [1.165, 1.54) is 0 Å². The zero-order valence-electron chi connectivity index (χ0n) is 13.5. The van der Waals surface area contributed by atoms with Gasteiger partial charge in [-0.1, -0.05) is 24.3 Å². The first-order valence-electron chi connectivity index (χ1n) is 7.89. The highest BCUT2D eigenvalue weighted by Gasteiger charge is 2.33. The van der Waals surface area contributed by atoms with Gasteiger partial charge < -0.3 is 14.1 Å². The fraction of sp³-hybridized carbons (Fsp3) is 0.500. The second kappa shape index (κ2) is 5.67. The lowest BCUT2D eigenvalue weighted by molar-refractivity contribution is 0.0224. The summed E-state index contributed by atoms with van der Waals surface area (Å²) in [5.41, 5.74) is -0.457. The van der Waals surface area contributed by atoms with Crippen LogP contribution in [0.1, 0.15) is 39.4 Å². The molecule has 1 fully saturated rings. The number of likely N-dealkylation sites (tertiary alicyclic amines) is 1. The molecular formula is C18H23NO3. The van der Waals surface area contributed by atoms with Gasteiger partial charge in [0.05, 0.1) is 6.26 Å². The molecule has 1 amide bonds. The maximum atomic E-state index is 12.3. The van der Waals surface area contributed by atoms with Gasteiger partial charge in [-0.25, -0.2) is 4.79 Å². The average Bonchev–Trinajstić information content (AvgIpc) is 3.05. The first-order chi connectivity index (χ1) is 10.4. The molecule has 0 bridgehead atoms. The number of fused-ring (bicyclic) bond motifs is 1.